The molecule has 0 aliphatic carbocycles. The van der Waals surface area contributed by atoms with Crippen molar-refractivity contribution < 1.29 is 9.53 Å². The zero-order chi connectivity index (χ0) is 18.2. The Bertz CT molecular complexity index is 1050. The average Bonchev–Trinajstić information content (AvgIpc) is 3.10. The molecule has 8 nitrogen and oxygen atoms in total. The number of ether oxygens (including phenoxy) is 1. The lowest BCUT2D eigenvalue weighted by Crippen LogP contribution is -2.36. The molecular weight excluding hydrogens is 344 g/mol. The first kappa shape index (κ1) is 15.8. The second-order valence-electron chi connectivity index (χ2n) is 6.37. The number of morpholine rings is 1. The molecule has 1 N–H and O–H groups in total. The minimum absolute atomic E-state index is 0.258. The first-order valence-corrected chi connectivity index (χ1v) is 8.75. The molecule has 27 heavy (non-hydrogen) atoms. The molecule has 0 unspecified atom stereocenters. The average molecular weight is 360 g/mol. The summed E-state index contributed by atoms with van der Waals surface area (Å²) in [7, 11) is 0. The molecule has 0 spiro atoms. The van der Waals surface area contributed by atoms with Gasteiger partial charge in [0.05, 0.1) is 29.8 Å². The number of benzene rings is 2. The molecule has 3 aromatic rings. The lowest BCUT2D eigenvalue weighted by atomic mass is 10.1. The zero-order valence-electron chi connectivity index (χ0n) is 14.4. The Balaban J connectivity index is 1.36. The van der Waals surface area contributed by atoms with Gasteiger partial charge in [0.25, 0.3) is 5.91 Å². The standard InChI is InChI=1S/C19H16N6O2/c26-19(18-17-16-14(21-18)2-1-3-15(16)22-24-23-17)20-12-4-6-13(7-5-12)25-8-10-27-11-9-25/h1-7H,8-11H2,(H,20,26). The Morgan fingerprint density at radius 1 is 1.04 bits per heavy atom. The van der Waals surface area contributed by atoms with Crippen LogP contribution in [0.2, 0.25) is 0 Å². The lowest BCUT2D eigenvalue weighted by Gasteiger charge is -2.28. The first-order valence-electron chi connectivity index (χ1n) is 8.75. The fourth-order valence-corrected chi connectivity index (χ4v) is 3.38. The van der Waals surface area contributed by atoms with Crippen molar-refractivity contribution in [2.45, 2.75) is 0 Å². The molecule has 3 heterocycles. The van der Waals surface area contributed by atoms with Crippen molar-refractivity contribution in [3.05, 3.63) is 48.2 Å². The summed E-state index contributed by atoms with van der Waals surface area (Å²) in [6.07, 6.45) is 0. The van der Waals surface area contributed by atoms with Crippen LogP contribution in [0.3, 0.4) is 0 Å². The number of carbonyl (C=O) groups excluding carboxylic acids is 1. The van der Waals surface area contributed by atoms with Gasteiger partial charge in [-0.2, -0.15) is 0 Å². The SMILES string of the molecule is O=C(Nc1ccc(N2CCOCC2)cc1)C1=Nc2cccc3nnnc1c23. The van der Waals surface area contributed by atoms with E-state index in [-0.39, 0.29) is 11.6 Å². The van der Waals surface area contributed by atoms with Crippen LogP contribution in [0.4, 0.5) is 17.1 Å². The number of amides is 1. The van der Waals surface area contributed by atoms with E-state index in [4.69, 9.17) is 4.74 Å². The largest absolute Gasteiger partial charge is 0.378 e. The maximum atomic E-state index is 12.8. The summed E-state index contributed by atoms with van der Waals surface area (Å²) >= 11 is 0. The van der Waals surface area contributed by atoms with Crippen LogP contribution < -0.4 is 10.2 Å². The first-order chi connectivity index (χ1) is 13.3. The van der Waals surface area contributed by atoms with Gasteiger partial charge in [-0.15, -0.1) is 10.2 Å². The van der Waals surface area contributed by atoms with E-state index in [0.29, 0.717) is 22.6 Å². The smallest absolute Gasteiger partial charge is 0.276 e. The molecular formula is C19H16N6O2. The lowest BCUT2D eigenvalue weighted by molar-refractivity contribution is -0.110. The number of nitrogens with zero attached hydrogens (tertiary/aromatic N) is 5. The molecule has 8 heteroatoms. The molecule has 134 valence electrons. The van der Waals surface area contributed by atoms with Crippen molar-refractivity contribution in [1.82, 2.24) is 15.4 Å². The second-order valence-corrected chi connectivity index (χ2v) is 6.37. The Labute approximate surface area is 154 Å². The van der Waals surface area contributed by atoms with Crippen LogP contribution in [0.1, 0.15) is 5.69 Å². The topological polar surface area (TPSA) is 92.6 Å². The van der Waals surface area contributed by atoms with E-state index >= 15 is 0 Å². The highest BCUT2D eigenvalue weighted by atomic mass is 16.5. The van der Waals surface area contributed by atoms with Crippen molar-refractivity contribution in [3.8, 4) is 0 Å². The molecule has 0 atom stereocenters. The van der Waals surface area contributed by atoms with Crippen molar-refractivity contribution in [1.29, 1.82) is 0 Å². The van der Waals surface area contributed by atoms with Crippen LogP contribution >= 0.6 is 0 Å². The molecule has 2 aliphatic rings. The molecule has 1 fully saturated rings. The molecule has 0 bridgehead atoms. The van der Waals surface area contributed by atoms with Crippen LogP contribution in [-0.4, -0.2) is 53.3 Å². The summed E-state index contributed by atoms with van der Waals surface area (Å²) in [5.41, 5.74) is 3.92. The molecule has 1 aromatic heterocycles. The van der Waals surface area contributed by atoms with Gasteiger partial charge >= 0.3 is 0 Å². The Kier molecular flexibility index (Phi) is 3.75. The van der Waals surface area contributed by atoms with Gasteiger partial charge in [0.1, 0.15) is 5.69 Å². The zero-order valence-corrected chi connectivity index (χ0v) is 14.4. The number of aromatic nitrogens is 3. The van der Waals surface area contributed by atoms with Gasteiger partial charge in [0.15, 0.2) is 5.71 Å². The quantitative estimate of drug-likeness (QED) is 0.767. The fraction of sp³-hybridized carbons (Fsp3) is 0.211. The second kappa shape index (κ2) is 6.40. The maximum absolute atomic E-state index is 12.8. The van der Waals surface area contributed by atoms with Crippen molar-refractivity contribution in [2.24, 2.45) is 4.99 Å². The van der Waals surface area contributed by atoms with Crippen LogP contribution in [0.5, 0.6) is 0 Å². The fourth-order valence-electron chi connectivity index (χ4n) is 3.38. The van der Waals surface area contributed by atoms with Gasteiger partial charge in [0.2, 0.25) is 0 Å². The van der Waals surface area contributed by atoms with E-state index in [1.807, 2.05) is 42.5 Å². The van der Waals surface area contributed by atoms with E-state index in [9.17, 15) is 4.79 Å². The molecule has 2 aromatic carbocycles. The van der Waals surface area contributed by atoms with E-state index < -0.39 is 0 Å². The minimum Gasteiger partial charge on any atom is -0.378 e. The predicted molar refractivity (Wildman–Crippen MR) is 102 cm³/mol. The molecule has 1 amide bonds. The van der Waals surface area contributed by atoms with Crippen LogP contribution in [0.25, 0.3) is 10.9 Å². The van der Waals surface area contributed by atoms with Crippen molar-refractivity contribution in [3.63, 3.8) is 0 Å². The Morgan fingerprint density at radius 3 is 2.67 bits per heavy atom. The van der Waals surface area contributed by atoms with Crippen molar-refractivity contribution >= 4 is 39.6 Å². The summed E-state index contributed by atoms with van der Waals surface area (Å²) in [6, 6.07) is 13.3. The number of carbonyl (C=O) groups is 1. The summed E-state index contributed by atoms with van der Waals surface area (Å²) in [6.45, 7) is 3.22. The van der Waals surface area contributed by atoms with Gasteiger partial charge in [-0.05, 0) is 41.6 Å². The van der Waals surface area contributed by atoms with E-state index in [1.165, 1.54) is 0 Å². The van der Waals surface area contributed by atoms with Gasteiger partial charge < -0.3 is 15.0 Å². The minimum atomic E-state index is -0.313. The van der Waals surface area contributed by atoms with Gasteiger partial charge in [-0.1, -0.05) is 6.07 Å². The molecule has 1 saturated heterocycles. The number of hydrogen-bond donors (Lipinski definition) is 1. The predicted octanol–water partition coefficient (Wildman–Crippen LogP) is 1.93. The highest BCUT2D eigenvalue weighted by Crippen LogP contribution is 2.33. The van der Waals surface area contributed by atoms with Gasteiger partial charge in [-0.3, -0.25) is 4.79 Å². The van der Waals surface area contributed by atoms with Gasteiger partial charge in [-0.25, -0.2) is 4.99 Å². The van der Waals surface area contributed by atoms with Crippen molar-refractivity contribution in [2.75, 3.05) is 36.5 Å². The summed E-state index contributed by atoms with van der Waals surface area (Å²) in [5.74, 6) is -0.313. The normalized spacial score (nSPS) is 15.7. The molecule has 0 radical (unpaired) electrons. The molecule has 2 aliphatic heterocycles. The van der Waals surface area contributed by atoms with Gasteiger partial charge in [0, 0.05) is 24.5 Å². The Hall–Kier alpha value is -3.39. The summed E-state index contributed by atoms with van der Waals surface area (Å²) < 4.78 is 5.38. The van der Waals surface area contributed by atoms with E-state index in [2.05, 4.69) is 30.6 Å². The third kappa shape index (κ3) is 2.80. The highest BCUT2D eigenvalue weighted by molar-refractivity contribution is 6.52. The van der Waals surface area contributed by atoms with E-state index in [1.54, 1.807) is 0 Å². The highest BCUT2D eigenvalue weighted by Gasteiger charge is 2.26. The number of aliphatic imine (C=N–C) groups is 1. The van der Waals surface area contributed by atoms with Crippen LogP contribution in [-0.2, 0) is 9.53 Å². The summed E-state index contributed by atoms with van der Waals surface area (Å²) in [4.78, 5) is 19.4. The Morgan fingerprint density at radius 2 is 1.85 bits per heavy atom. The third-order valence-corrected chi connectivity index (χ3v) is 4.73. The number of nitrogens with one attached hydrogen (secondary N) is 1. The molecule has 0 saturated carbocycles. The third-order valence-electron chi connectivity index (χ3n) is 4.73. The maximum Gasteiger partial charge on any atom is 0.276 e. The molecule has 5 rings (SSSR count). The number of anilines is 2. The number of hydrogen-bond acceptors (Lipinski definition) is 7. The van der Waals surface area contributed by atoms with Crippen LogP contribution in [0.15, 0.2) is 47.5 Å². The van der Waals surface area contributed by atoms with Crippen LogP contribution in [0, 0.1) is 0 Å². The number of rotatable bonds is 3. The summed E-state index contributed by atoms with van der Waals surface area (Å²) in [5, 5.41) is 15.4. The monoisotopic (exact) mass is 360 g/mol. The van der Waals surface area contributed by atoms with E-state index in [0.717, 1.165) is 37.4 Å².